The molecule has 31 heavy (non-hydrogen) atoms. The van der Waals surface area contributed by atoms with Crippen molar-refractivity contribution in [3.8, 4) is 11.5 Å². The summed E-state index contributed by atoms with van der Waals surface area (Å²) in [5.41, 5.74) is 2.58. The highest BCUT2D eigenvalue weighted by atomic mass is 32.1. The summed E-state index contributed by atoms with van der Waals surface area (Å²) in [6, 6.07) is 7.42. The molecule has 0 atom stereocenters. The summed E-state index contributed by atoms with van der Waals surface area (Å²) in [7, 11) is 0. The van der Waals surface area contributed by atoms with Gasteiger partial charge >= 0.3 is 6.29 Å². The number of carbonyl (C=O) groups is 2. The van der Waals surface area contributed by atoms with Gasteiger partial charge in [-0.05, 0) is 29.8 Å². The van der Waals surface area contributed by atoms with Crippen molar-refractivity contribution in [2.24, 2.45) is 0 Å². The summed E-state index contributed by atoms with van der Waals surface area (Å²) in [6.07, 6.45) is -2.17. The van der Waals surface area contributed by atoms with Gasteiger partial charge in [0.1, 0.15) is 16.5 Å². The number of aromatic nitrogens is 2. The number of halogens is 2. The number of carbonyl (C=O) groups excluding carboxylic acids is 2. The molecule has 2 aromatic heterocycles. The average Bonchev–Trinajstić information content (AvgIpc) is 3.28. The first-order valence-corrected chi connectivity index (χ1v) is 9.78. The molecular weight excluding hydrogens is 432 g/mol. The number of anilines is 3. The molecule has 0 spiro atoms. The maximum atomic E-state index is 13.1. The van der Waals surface area contributed by atoms with Crippen LogP contribution in [0.2, 0.25) is 0 Å². The molecule has 0 unspecified atom stereocenters. The number of nitrogens with zero attached hydrogens (tertiary/aromatic N) is 2. The van der Waals surface area contributed by atoms with E-state index in [0.717, 1.165) is 16.9 Å². The van der Waals surface area contributed by atoms with Crippen LogP contribution >= 0.6 is 11.3 Å². The minimum absolute atomic E-state index is 0.112. The van der Waals surface area contributed by atoms with Crippen LogP contribution in [0.3, 0.4) is 0 Å². The van der Waals surface area contributed by atoms with Gasteiger partial charge in [0.2, 0.25) is 5.91 Å². The Labute approximate surface area is 178 Å². The van der Waals surface area contributed by atoms with Crippen molar-refractivity contribution in [3.63, 3.8) is 0 Å². The molecule has 3 N–H and O–H groups in total. The van der Waals surface area contributed by atoms with Gasteiger partial charge in [0.05, 0.1) is 5.51 Å². The number of rotatable bonds is 6. The Hall–Kier alpha value is -3.80. The lowest BCUT2D eigenvalue weighted by molar-refractivity contribution is -0.286. The zero-order chi connectivity index (χ0) is 22.0. The fraction of sp³-hybridized carbons (Fsp3) is 0.158. The zero-order valence-corrected chi connectivity index (χ0v) is 16.8. The molecule has 0 saturated heterocycles. The Kier molecular flexibility index (Phi) is 5.38. The fourth-order valence-electron chi connectivity index (χ4n) is 2.77. The third-order valence-corrected chi connectivity index (χ3v) is 4.85. The first kappa shape index (κ1) is 20.5. The average molecular weight is 447 g/mol. The van der Waals surface area contributed by atoms with Gasteiger partial charge in [0.25, 0.3) is 5.91 Å². The molecule has 0 fully saturated rings. The van der Waals surface area contributed by atoms with Crippen LogP contribution in [0, 0.1) is 0 Å². The number of fused-ring (bicyclic) bond motifs is 1. The van der Waals surface area contributed by atoms with E-state index in [1.54, 1.807) is 18.3 Å². The van der Waals surface area contributed by atoms with Crippen molar-refractivity contribution in [3.05, 3.63) is 52.5 Å². The van der Waals surface area contributed by atoms with Crippen LogP contribution in [0.25, 0.3) is 0 Å². The van der Waals surface area contributed by atoms with Crippen molar-refractivity contribution in [1.29, 1.82) is 0 Å². The number of ether oxygens (including phenoxy) is 2. The SMILES string of the molecule is CC(=O)Nc1cc(CNc2ncsc2C(=O)Nc2ccc3c(c2)OC(F)(F)O3)ccn1. The molecule has 9 nitrogen and oxygen atoms in total. The molecule has 3 heterocycles. The predicted octanol–water partition coefficient (Wildman–Crippen LogP) is 3.68. The molecule has 0 aliphatic carbocycles. The molecule has 160 valence electrons. The molecule has 0 radical (unpaired) electrons. The second-order valence-electron chi connectivity index (χ2n) is 6.40. The number of amides is 2. The van der Waals surface area contributed by atoms with E-state index >= 15 is 0 Å². The van der Waals surface area contributed by atoms with Crippen LogP contribution in [-0.4, -0.2) is 28.1 Å². The monoisotopic (exact) mass is 447 g/mol. The minimum Gasteiger partial charge on any atom is -0.395 e. The Bertz CT molecular complexity index is 1150. The third-order valence-electron chi connectivity index (χ3n) is 4.02. The highest BCUT2D eigenvalue weighted by Gasteiger charge is 2.43. The number of thiazole rings is 1. The number of hydrogen-bond donors (Lipinski definition) is 3. The number of hydrogen-bond acceptors (Lipinski definition) is 8. The maximum Gasteiger partial charge on any atom is 0.586 e. The molecule has 1 aromatic carbocycles. The molecule has 3 aromatic rings. The molecule has 1 aliphatic rings. The Morgan fingerprint density at radius 2 is 1.90 bits per heavy atom. The smallest absolute Gasteiger partial charge is 0.395 e. The summed E-state index contributed by atoms with van der Waals surface area (Å²) in [4.78, 5) is 32.3. The van der Waals surface area contributed by atoms with E-state index in [1.807, 2.05) is 0 Å². The zero-order valence-electron chi connectivity index (χ0n) is 15.9. The minimum atomic E-state index is -3.73. The Morgan fingerprint density at radius 3 is 2.71 bits per heavy atom. The van der Waals surface area contributed by atoms with Crippen LogP contribution in [-0.2, 0) is 11.3 Å². The molecule has 12 heteroatoms. The normalized spacial score (nSPS) is 13.5. The van der Waals surface area contributed by atoms with Crippen molar-refractivity contribution >= 4 is 40.5 Å². The summed E-state index contributed by atoms with van der Waals surface area (Å²) < 4.78 is 35.0. The second kappa shape index (κ2) is 8.14. The molecule has 4 rings (SSSR count). The van der Waals surface area contributed by atoms with Crippen LogP contribution in [0.4, 0.5) is 26.1 Å². The van der Waals surface area contributed by atoms with E-state index in [9.17, 15) is 18.4 Å². The van der Waals surface area contributed by atoms with Gasteiger partial charge in [-0.2, -0.15) is 0 Å². The molecular formula is C19H15F2N5O4S. The maximum absolute atomic E-state index is 13.1. The second-order valence-corrected chi connectivity index (χ2v) is 7.25. The Balaban J connectivity index is 1.42. The lowest BCUT2D eigenvalue weighted by Gasteiger charge is -2.09. The van der Waals surface area contributed by atoms with E-state index < -0.39 is 12.2 Å². The van der Waals surface area contributed by atoms with Crippen LogP contribution in [0.1, 0.15) is 22.2 Å². The van der Waals surface area contributed by atoms with Crippen molar-refractivity contribution in [1.82, 2.24) is 9.97 Å². The van der Waals surface area contributed by atoms with Gasteiger partial charge < -0.3 is 25.4 Å². The quantitative estimate of drug-likeness (QED) is 0.528. The number of alkyl halides is 2. The fourth-order valence-corrected chi connectivity index (χ4v) is 3.42. The largest absolute Gasteiger partial charge is 0.586 e. The van der Waals surface area contributed by atoms with E-state index in [-0.39, 0.29) is 23.1 Å². The highest BCUT2D eigenvalue weighted by Crippen LogP contribution is 2.42. The number of benzene rings is 1. The van der Waals surface area contributed by atoms with Crippen LogP contribution in [0.15, 0.2) is 42.0 Å². The van der Waals surface area contributed by atoms with Gasteiger partial charge in [-0.15, -0.1) is 20.1 Å². The third kappa shape index (κ3) is 4.86. The van der Waals surface area contributed by atoms with Crippen LogP contribution in [0.5, 0.6) is 11.5 Å². The topological polar surface area (TPSA) is 114 Å². The van der Waals surface area contributed by atoms with Gasteiger partial charge in [-0.1, -0.05) is 0 Å². The standard InChI is InChI=1S/C19H15F2N5O4S/c1-10(27)25-15-6-11(4-5-22-15)8-23-17-16(31-9-24-17)18(28)26-12-2-3-13-14(7-12)30-19(20,21)29-13/h2-7,9,23H,8H2,1H3,(H,26,28)(H,22,25,27). The summed E-state index contributed by atoms with van der Waals surface area (Å²) >= 11 is 1.12. The van der Waals surface area contributed by atoms with E-state index in [1.165, 1.54) is 30.6 Å². The Morgan fingerprint density at radius 1 is 1.10 bits per heavy atom. The molecule has 0 saturated carbocycles. The van der Waals surface area contributed by atoms with Crippen LogP contribution < -0.4 is 25.4 Å². The van der Waals surface area contributed by atoms with Gasteiger partial charge in [-0.25, -0.2) is 9.97 Å². The summed E-state index contributed by atoms with van der Waals surface area (Å²) in [5, 5.41) is 8.28. The first-order chi connectivity index (χ1) is 14.8. The van der Waals surface area contributed by atoms with Gasteiger partial charge in [-0.3, -0.25) is 9.59 Å². The van der Waals surface area contributed by atoms with Crippen molar-refractivity contribution in [2.75, 3.05) is 16.0 Å². The molecule has 1 aliphatic heterocycles. The van der Waals surface area contributed by atoms with Crippen molar-refractivity contribution < 1.29 is 27.8 Å². The number of pyridine rings is 1. The summed E-state index contributed by atoms with van der Waals surface area (Å²) in [5.74, 6) is -0.214. The van der Waals surface area contributed by atoms with Gasteiger partial charge in [0.15, 0.2) is 11.5 Å². The van der Waals surface area contributed by atoms with E-state index in [4.69, 9.17) is 0 Å². The van der Waals surface area contributed by atoms with Crippen molar-refractivity contribution in [2.45, 2.75) is 19.8 Å². The van der Waals surface area contributed by atoms with E-state index in [2.05, 4.69) is 35.4 Å². The molecule has 2 amide bonds. The number of nitrogens with one attached hydrogen (secondary N) is 3. The molecule has 0 bridgehead atoms. The first-order valence-electron chi connectivity index (χ1n) is 8.90. The predicted molar refractivity (Wildman–Crippen MR) is 109 cm³/mol. The van der Waals surface area contributed by atoms with E-state index in [0.29, 0.717) is 23.1 Å². The highest BCUT2D eigenvalue weighted by molar-refractivity contribution is 7.12. The lowest BCUT2D eigenvalue weighted by atomic mass is 10.2. The lowest BCUT2D eigenvalue weighted by Crippen LogP contribution is -2.25. The van der Waals surface area contributed by atoms with Gasteiger partial charge in [0, 0.05) is 31.4 Å². The summed E-state index contributed by atoms with van der Waals surface area (Å²) in [6.45, 7) is 1.72.